The van der Waals surface area contributed by atoms with Gasteiger partial charge in [-0.15, -0.1) is 0 Å². The molecule has 2 saturated heterocycles. The lowest BCUT2D eigenvalue weighted by molar-refractivity contribution is -0.331. The fourth-order valence-electron chi connectivity index (χ4n) is 14.0. The van der Waals surface area contributed by atoms with E-state index >= 15 is 0 Å². The zero-order valence-corrected chi connectivity index (χ0v) is 35.7. The summed E-state index contributed by atoms with van der Waals surface area (Å²) in [5.74, 6) is -0.389. The van der Waals surface area contributed by atoms with Gasteiger partial charge in [-0.05, 0) is 109 Å². The number of allylic oxidation sites excluding steroid dienone is 2. The summed E-state index contributed by atoms with van der Waals surface area (Å²) in [6, 6.07) is -1.11. The lowest BCUT2D eigenvalue weighted by Gasteiger charge is -2.71. The number of nitrogens with one attached hydrogen (secondary N) is 1. The van der Waals surface area contributed by atoms with Crippen LogP contribution in [0.1, 0.15) is 120 Å². The summed E-state index contributed by atoms with van der Waals surface area (Å²) in [6.07, 6.45) is -2.20. The topological polar surface area (TPSA) is 225 Å². The monoisotopic (exact) mass is 821 g/mol. The molecule has 0 spiro atoms. The number of rotatable bonds is 8. The third-order valence-corrected chi connectivity index (χ3v) is 17.6. The highest BCUT2D eigenvalue weighted by atomic mass is 16.7. The van der Waals surface area contributed by atoms with Crippen LogP contribution in [0.15, 0.2) is 11.6 Å². The minimum absolute atomic E-state index is 0.0181. The first-order valence-electron chi connectivity index (χ1n) is 21.8. The van der Waals surface area contributed by atoms with E-state index in [1.807, 2.05) is 0 Å². The number of hydrogen-bond acceptors (Lipinski definition) is 12. The average Bonchev–Trinajstić information content (AvgIpc) is 3.14. The Morgan fingerprint density at radius 1 is 0.793 bits per heavy atom. The minimum atomic E-state index is -1.66. The molecule has 330 valence electrons. The molecule has 0 aromatic rings. The number of amides is 1. The van der Waals surface area contributed by atoms with Crippen molar-refractivity contribution in [1.29, 1.82) is 0 Å². The van der Waals surface area contributed by atoms with Gasteiger partial charge in [0.05, 0.1) is 24.7 Å². The molecule has 6 fully saturated rings. The normalized spacial score (nSPS) is 50.9. The van der Waals surface area contributed by atoms with Gasteiger partial charge in [0.25, 0.3) is 0 Å². The van der Waals surface area contributed by atoms with Crippen molar-refractivity contribution >= 4 is 11.9 Å². The van der Waals surface area contributed by atoms with Crippen molar-refractivity contribution < 1.29 is 64.3 Å². The number of aliphatic hydroxyl groups excluding tert-OH is 6. The predicted molar refractivity (Wildman–Crippen MR) is 210 cm³/mol. The number of hydrogen-bond donors (Lipinski definition) is 8. The maximum absolute atomic E-state index is 13.1. The molecule has 8 N–H and O–H groups in total. The molecule has 1 amide bonds. The third-order valence-electron chi connectivity index (χ3n) is 17.6. The van der Waals surface area contributed by atoms with Gasteiger partial charge in [0.15, 0.2) is 12.6 Å². The van der Waals surface area contributed by atoms with E-state index in [2.05, 4.69) is 59.9 Å². The van der Waals surface area contributed by atoms with Gasteiger partial charge in [0, 0.05) is 6.92 Å². The van der Waals surface area contributed by atoms with Crippen molar-refractivity contribution in [1.82, 2.24) is 5.32 Å². The molecule has 0 aromatic heterocycles. The van der Waals surface area contributed by atoms with Gasteiger partial charge in [-0.3, -0.25) is 9.59 Å². The van der Waals surface area contributed by atoms with E-state index < -0.39 is 91.9 Å². The molecule has 0 radical (unpaired) electrons. The Kier molecular flexibility index (Phi) is 11.7. The van der Waals surface area contributed by atoms with E-state index in [4.69, 9.17) is 18.9 Å². The zero-order chi connectivity index (χ0) is 42.5. The highest BCUT2D eigenvalue weighted by Gasteiger charge is 2.69. The maximum Gasteiger partial charge on any atom is 0.310 e. The van der Waals surface area contributed by atoms with Crippen molar-refractivity contribution in [3.8, 4) is 0 Å². The van der Waals surface area contributed by atoms with Gasteiger partial charge >= 0.3 is 5.97 Å². The summed E-state index contributed by atoms with van der Waals surface area (Å²) in [5.41, 5.74) is 0.267. The number of carboxylic acids is 1. The first kappa shape index (κ1) is 44.3. The summed E-state index contributed by atoms with van der Waals surface area (Å²) in [7, 11) is 0. The second kappa shape index (κ2) is 15.3. The highest BCUT2D eigenvalue weighted by Crippen LogP contribution is 2.76. The van der Waals surface area contributed by atoms with Crippen molar-refractivity contribution in [2.75, 3.05) is 13.2 Å². The smallest absolute Gasteiger partial charge is 0.310 e. The first-order valence-corrected chi connectivity index (χ1v) is 21.8. The fourth-order valence-corrected chi connectivity index (χ4v) is 14.0. The molecule has 2 aliphatic heterocycles. The fraction of sp³-hybridized carbons (Fsp3) is 0.909. The van der Waals surface area contributed by atoms with Crippen LogP contribution in [0.5, 0.6) is 0 Å². The van der Waals surface area contributed by atoms with E-state index in [0.717, 1.165) is 51.4 Å². The largest absolute Gasteiger partial charge is 0.481 e. The van der Waals surface area contributed by atoms with Gasteiger partial charge in [0.2, 0.25) is 5.91 Å². The van der Waals surface area contributed by atoms with Crippen LogP contribution in [0.4, 0.5) is 0 Å². The van der Waals surface area contributed by atoms with E-state index in [1.54, 1.807) is 0 Å². The third kappa shape index (κ3) is 6.82. The van der Waals surface area contributed by atoms with Gasteiger partial charge in [-0.25, -0.2) is 0 Å². The van der Waals surface area contributed by atoms with Crippen molar-refractivity contribution in [3.63, 3.8) is 0 Å². The van der Waals surface area contributed by atoms with Gasteiger partial charge in [0.1, 0.15) is 48.8 Å². The lowest BCUT2D eigenvalue weighted by Crippen LogP contribution is -2.67. The molecule has 5 aliphatic carbocycles. The Labute approximate surface area is 343 Å². The Hall–Kier alpha value is -1.72. The van der Waals surface area contributed by atoms with Crippen LogP contribution >= 0.6 is 0 Å². The summed E-state index contributed by atoms with van der Waals surface area (Å²) in [5, 5.41) is 76.6. The molecule has 0 unspecified atom stereocenters. The quantitative estimate of drug-likeness (QED) is 0.130. The van der Waals surface area contributed by atoms with Crippen LogP contribution in [0.2, 0.25) is 0 Å². The molecule has 4 saturated carbocycles. The summed E-state index contributed by atoms with van der Waals surface area (Å²) in [4.78, 5) is 25.5. The number of carbonyl (C=O) groups excluding carboxylic acids is 1. The molecule has 7 aliphatic rings. The number of carbonyl (C=O) groups is 2. The first-order chi connectivity index (χ1) is 27.0. The second-order valence-electron chi connectivity index (χ2n) is 21.4. The summed E-state index contributed by atoms with van der Waals surface area (Å²) >= 11 is 0. The van der Waals surface area contributed by atoms with E-state index in [0.29, 0.717) is 18.8 Å². The molecular formula is C44H71NO13. The van der Waals surface area contributed by atoms with Crippen LogP contribution in [-0.2, 0) is 28.5 Å². The van der Waals surface area contributed by atoms with Crippen LogP contribution < -0.4 is 5.32 Å². The van der Waals surface area contributed by atoms with E-state index in [-0.39, 0.29) is 45.0 Å². The highest BCUT2D eigenvalue weighted by molar-refractivity contribution is 5.76. The van der Waals surface area contributed by atoms with E-state index in [1.165, 1.54) is 12.5 Å². The Morgan fingerprint density at radius 2 is 1.45 bits per heavy atom. The van der Waals surface area contributed by atoms with Crippen molar-refractivity contribution in [2.45, 2.75) is 187 Å². The molecular weight excluding hydrogens is 750 g/mol. The standard InChI is InChI=1S/C44H71NO13/c1-22(47)45-30-33(50)32(49)26(21-55-37-35(52)34(51)31(48)25(20-46)56-37)57-36(30)58-29-12-13-41(6)27(40(29,4)5)11-14-43(8)28(41)10-9-23-24-19-39(2,3)15-17-44(24,38(53)54)18-16-42(23,43)7/h9,24-37,46,48-52H,10-21H2,1-8H3,(H,45,47)(H,53,54)/t24-,25+,26+,27-,28+,29-,30+,31-,32+,33+,34-,35+,36-,37+,41-,42+,43+,44-/m0/s1. The maximum atomic E-state index is 13.1. The Balaban J connectivity index is 1.11. The summed E-state index contributed by atoms with van der Waals surface area (Å²) in [6.45, 7) is 16.7. The molecule has 2 heterocycles. The molecule has 14 heteroatoms. The predicted octanol–water partition coefficient (Wildman–Crippen LogP) is 3.03. The number of carboxylic acid groups (broad SMARTS) is 1. The minimum Gasteiger partial charge on any atom is -0.481 e. The molecule has 18 atom stereocenters. The van der Waals surface area contributed by atoms with Crippen LogP contribution in [0.3, 0.4) is 0 Å². The second-order valence-corrected chi connectivity index (χ2v) is 21.4. The van der Waals surface area contributed by atoms with Gasteiger partial charge in [-0.1, -0.05) is 60.1 Å². The van der Waals surface area contributed by atoms with Crippen LogP contribution in [-0.4, -0.2) is 128 Å². The number of fused-ring (bicyclic) bond motifs is 7. The molecule has 0 bridgehead atoms. The zero-order valence-electron chi connectivity index (χ0n) is 35.7. The van der Waals surface area contributed by atoms with Crippen LogP contribution in [0, 0.1) is 50.2 Å². The van der Waals surface area contributed by atoms with E-state index in [9.17, 15) is 45.3 Å². The van der Waals surface area contributed by atoms with Crippen molar-refractivity contribution in [2.24, 2.45) is 50.2 Å². The molecule has 7 rings (SSSR count). The number of aliphatic hydroxyl groups is 6. The number of aliphatic carboxylic acids is 1. The lowest BCUT2D eigenvalue weighted by atomic mass is 9.33. The molecule has 58 heavy (non-hydrogen) atoms. The Morgan fingerprint density at radius 3 is 2.10 bits per heavy atom. The Bertz CT molecular complexity index is 1600. The van der Waals surface area contributed by atoms with Crippen molar-refractivity contribution in [3.05, 3.63) is 11.6 Å². The van der Waals surface area contributed by atoms with Crippen LogP contribution in [0.25, 0.3) is 0 Å². The molecule has 14 nitrogen and oxygen atoms in total. The number of ether oxygens (including phenoxy) is 4. The van der Waals surface area contributed by atoms with Gasteiger partial charge in [-0.2, -0.15) is 0 Å². The van der Waals surface area contributed by atoms with Gasteiger partial charge < -0.3 is 60.0 Å². The SMILES string of the molecule is CC(=O)N[C@H]1[C@H](O[C@H]2CC[C@]3(C)[C@H]4CC=C5[C@@H]6CC(C)(C)CC[C@]6(C(=O)O)CC[C@@]5(C)[C@]4(C)CC[C@H]3C2(C)C)O[C@H](CO[C@@H]2O[C@H](CO)[C@H](O)[C@H](O)[C@H]2O)[C@@H](O)[C@@H]1O. The summed E-state index contributed by atoms with van der Waals surface area (Å²) < 4.78 is 24.3. The average molecular weight is 822 g/mol. The molecule has 0 aromatic carbocycles.